The molecule has 5 rings (SSSR count). The maximum atomic E-state index is 12.8. The molecule has 0 radical (unpaired) electrons. The summed E-state index contributed by atoms with van der Waals surface area (Å²) in [5, 5.41) is 6.72. The number of carbonyl (C=O) groups excluding carboxylic acids is 1. The standard InChI is InChI=1S/C28H19Cl2N3O3S/c29-20-14-23(30)25-24(15-20)32-27(36-25)19-9-4-10-21(12-19)31-28(37)33-26(34)18-8-5-11-22(13-18)35-16-17-6-2-1-3-7-17/h1-15H,16H2,(H2,31,33,34,37). The molecule has 0 bridgehead atoms. The molecule has 0 atom stereocenters. The monoisotopic (exact) mass is 547 g/mol. The molecule has 1 heterocycles. The summed E-state index contributed by atoms with van der Waals surface area (Å²) in [5.74, 6) is 0.609. The highest BCUT2D eigenvalue weighted by Crippen LogP contribution is 2.32. The number of rotatable bonds is 6. The molecule has 184 valence electrons. The van der Waals surface area contributed by atoms with Crippen molar-refractivity contribution >= 4 is 63.2 Å². The van der Waals surface area contributed by atoms with E-state index in [1.165, 1.54) is 0 Å². The number of fused-ring (bicyclic) bond motifs is 1. The summed E-state index contributed by atoms with van der Waals surface area (Å²) in [6.45, 7) is 0.404. The average molecular weight is 548 g/mol. The summed E-state index contributed by atoms with van der Waals surface area (Å²) in [6.07, 6.45) is 0. The molecular weight excluding hydrogens is 529 g/mol. The first kappa shape index (κ1) is 24.8. The fourth-order valence-corrected chi connectivity index (χ4v) is 4.35. The normalized spacial score (nSPS) is 10.8. The predicted molar refractivity (Wildman–Crippen MR) is 150 cm³/mol. The van der Waals surface area contributed by atoms with Crippen LogP contribution in [0.25, 0.3) is 22.6 Å². The van der Waals surface area contributed by atoms with Gasteiger partial charge in [-0.15, -0.1) is 0 Å². The van der Waals surface area contributed by atoms with Crippen molar-refractivity contribution in [3.8, 4) is 17.2 Å². The highest BCUT2D eigenvalue weighted by atomic mass is 35.5. The molecule has 5 aromatic rings. The van der Waals surface area contributed by atoms with Crippen molar-refractivity contribution in [3.05, 3.63) is 112 Å². The van der Waals surface area contributed by atoms with Crippen LogP contribution in [0.4, 0.5) is 5.69 Å². The summed E-state index contributed by atoms with van der Waals surface area (Å²) in [4.78, 5) is 17.3. The molecule has 0 saturated carbocycles. The van der Waals surface area contributed by atoms with Gasteiger partial charge in [-0.05, 0) is 66.3 Å². The number of amides is 1. The molecule has 0 fully saturated rings. The summed E-state index contributed by atoms with van der Waals surface area (Å²) in [6, 6.07) is 27.3. The van der Waals surface area contributed by atoms with E-state index >= 15 is 0 Å². The van der Waals surface area contributed by atoms with E-state index in [-0.39, 0.29) is 11.0 Å². The highest BCUT2D eigenvalue weighted by molar-refractivity contribution is 7.80. The first-order valence-corrected chi connectivity index (χ1v) is 12.4. The number of aromatic nitrogens is 1. The Morgan fingerprint density at radius 3 is 2.59 bits per heavy atom. The lowest BCUT2D eigenvalue weighted by molar-refractivity contribution is 0.0977. The van der Waals surface area contributed by atoms with Gasteiger partial charge in [0.25, 0.3) is 5.91 Å². The SMILES string of the molecule is O=C(NC(=S)Nc1cccc(-c2nc3cc(Cl)cc(Cl)c3o2)c1)c1cccc(OCc2ccccc2)c1. The van der Waals surface area contributed by atoms with Gasteiger partial charge in [-0.25, -0.2) is 4.98 Å². The van der Waals surface area contributed by atoms with Gasteiger partial charge in [0, 0.05) is 21.8 Å². The van der Waals surface area contributed by atoms with Crippen molar-refractivity contribution in [1.82, 2.24) is 10.3 Å². The van der Waals surface area contributed by atoms with Gasteiger partial charge in [0.1, 0.15) is 17.9 Å². The van der Waals surface area contributed by atoms with Crippen molar-refractivity contribution in [2.45, 2.75) is 6.61 Å². The van der Waals surface area contributed by atoms with Gasteiger partial charge in [0.15, 0.2) is 10.7 Å². The molecule has 0 aliphatic rings. The van der Waals surface area contributed by atoms with E-state index < -0.39 is 0 Å². The zero-order valence-corrected chi connectivity index (χ0v) is 21.5. The Hall–Kier alpha value is -3.91. The van der Waals surface area contributed by atoms with Crippen LogP contribution >= 0.6 is 35.4 Å². The molecule has 2 N–H and O–H groups in total. The van der Waals surface area contributed by atoms with Crippen molar-refractivity contribution in [2.24, 2.45) is 0 Å². The smallest absolute Gasteiger partial charge is 0.257 e. The Labute approximate surface area is 228 Å². The molecule has 0 unspecified atom stereocenters. The van der Waals surface area contributed by atoms with Crippen molar-refractivity contribution in [1.29, 1.82) is 0 Å². The number of anilines is 1. The van der Waals surface area contributed by atoms with Crippen LogP contribution in [0.1, 0.15) is 15.9 Å². The van der Waals surface area contributed by atoms with E-state index in [4.69, 9.17) is 44.6 Å². The number of hydrogen-bond donors (Lipinski definition) is 2. The van der Waals surface area contributed by atoms with Crippen LogP contribution in [0.15, 0.2) is 95.4 Å². The van der Waals surface area contributed by atoms with Crippen LogP contribution in [0, 0.1) is 0 Å². The predicted octanol–water partition coefficient (Wildman–Crippen LogP) is 7.51. The van der Waals surface area contributed by atoms with Crippen molar-refractivity contribution < 1.29 is 13.9 Å². The molecule has 6 nitrogen and oxygen atoms in total. The quantitative estimate of drug-likeness (QED) is 0.214. The van der Waals surface area contributed by atoms with Crippen LogP contribution in [0.2, 0.25) is 10.0 Å². The highest BCUT2D eigenvalue weighted by Gasteiger charge is 2.14. The van der Waals surface area contributed by atoms with E-state index in [0.717, 1.165) is 5.56 Å². The number of carbonyl (C=O) groups is 1. The van der Waals surface area contributed by atoms with Gasteiger partial charge >= 0.3 is 0 Å². The zero-order chi connectivity index (χ0) is 25.8. The minimum absolute atomic E-state index is 0.144. The Kier molecular flexibility index (Phi) is 7.37. The van der Waals surface area contributed by atoms with Crippen LogP contribution in [-0.4, -0.2) is 16.0 Å². The minimum Gasteiger partial charge on any atom is -0.489 e. The Morgan fingerprint density at radius 2 is 1.76 bits per heavy atom. The van der Waals surface area contributed by atoms with Crippen LogP contribution in [0.3, 0.4) is 0 Å². The Balaban J connectivity index is 1.23. The fraction of sp³-hybridized carbons (Fsp3) is 0.0357. The minimum atomic E-state index is -0.357. The van der Waals surface area contributed by atoms with Crippen LogP contribution in [-0.2, 0) is 6.61 Å². The number of nitrogens with zero attached hydrogens (tertiary/aromatic N) is 1. The summed E-state index contributed by atoms with van der Waals surface area (Å²) < 4.78 is 11.7. The number of benzene rings is 4. The lowest BCUT2D eigenvalue weighted by Crippen LogP contribution is -2.34. The lowest BCUT2D eigenvalue weighted by atomic mass is 10.2. The summed E-state index contributed by atoms with van der Waals surface area (Å²) in [7, 11) is 0. The molecule has 9 heteroatoms. The van der Waals surface area contributed by atoms with E-state index in [1.54, 1.807) is 42.5 Å². The molecule has 0 aliphatic carbocycles. The van der Waals surface area contributed by atoms with Gasteiger partial charge < -0.3 is 14.5 Å². The molecule has 0 aliphatic heterocycles. The van der Waals surface area contributed by atoms with Gasteiger partial charge in [-0.2, -0.15) is 0 Å². The molecule has 1 amide bonds. The molecule has 37 heavy (non-hydrogen) atoms. The van der Waals surface area contributed by atoms with Crippen molar-refractivity contribution in [3.63, 3.8) is 0 Å². The lowest BCUT2D eigenvalue weighted by Gasteiger charge is -2.11. The van der Waals surface area contributed by atoms with E-state index in [0.29, 0.717) is 56.2 Å². The zero-order valence-electron chi connectivity index (χ0n) is 19.2. The maximum Gasteiger partial charge on any atom is 0.257 e. The molecule has 1 aromatic heterocycles. The number of thiocarbonyl (C=S) groups is 1. The van der Waals surface area contributed by atoms with Crippen LogP contribution in [0.5, 0.6) is 5.75 Å². The second kappa shape index (κ2) is 11.0. The second-order valence-electron chi connectivity index (χ2n) is 8.05. The van der Waals surface area contributed by atoms with E-state index in [2.05, 4.69) is 15.6 Å². The third-order valence-corrected chi connectivity index (χ3v) is 6.05. The molecule has 0 spiro atoms. The molecule has 4 aromatic carbocycles. The number of ether oxygens (including phenoxy) is 1. The fourth-order valence-electron chi connectivity index (χ4n) is 3.62. The first-order chi connectivity index (χ1) is 17.9. The summed E-state index contributed by atoms with van der Waals surface area (Å²) >= 11 is 17.6. The second-order valence-corrected chi connectivity index (χ2v) is 9.30. The molecule has 0 saturated heterocycles. The number of halogens is 2. The van der Waals surface area contributed by atoms with Gasteiger partial charge in [0.05, 0.1) is 5.02 Å². The summed E-state index contributed by atoms with van der Waals surface area (Å²) in [5.41, 5.74) is 3.82. The van der Waals surface area contributed by atoms with Crippen molar-refractivity contribution in [2.75, 3.05) is 5.32 Å². The third-order valence-electron chi connectivity index (χ3n) is 5.35. The topological polar surface area (TPSA) is 76.4 Å². The molecular formula is C28H19Cl2N3O3S. The Bertz CT molecular complexity index is 1610. The van der Waals surface area contributed by atoms with E-state index in [1.807, 2.05) is 48.5 Å². The largest absolute Gasteiger partial charge is 0.489 e. The number of nitrogens with one attached hydrogen (secondary N) is 2. The van der Waals surface area contributed by atoms with Gasteiger partial charge in [0.2, 0.25) is 5.89 Å². The van der Waals surface area contributed by atoms with Gasteiger partial charge in [-0.1, -0.05) is 65.7 Å². The Morgan fingerprint density at radius 1 is 0.946 bits per heavy atom. The first-order valence-electron chi connectivity index (χ1n) is 11.2. The van der Waals surface area contributed by atoms with E-state index in [9.17, 15) is 4.79 Å². The number of oxazole rings is 1. The average Bonchev–Trinajstić information content (AvgIpc) is 3.33. The van der Waals surface area contributed by atoms with Gasteiger partial charge in [-0.3, -0.25) is 10.1 Å². The maximum absolute atomic E-state index is 12.8. The van der Waals surface area contributed by atoms with Crippen LogP contribution < -0.4 is 15.4 Å². The third kappa shape index (κ3) is 6.09. The number of hydrogen-bond acceptors (Lipinski definition) is 5.